The maximum atomic E-state index is 14.1. The smallest absolute Gasteiger partial charge is 0.266 e. The van der Waals surface area contributed by atoms with Crippen LogP contribution in [-0.4, -0.2) is 42.0 Å². The van der Waals surface area contributed by atoms with Crippen LogP contribution in [-0.2, 0) is 0 Å². The second-order valence-corrected chi connectivity index (χ2v) is 8.99. The Hall–Kier alpha value is -3.45. The van der Waals surface area contributed by atoms with Crippen molar-refractivity contribution in [2.75, 3.05) is 36.8 Å². The molecule has 0 aliphatic carbocycles. The minimum atomic E-state index is -0.239. The van der Waals surface area contributed by atoms with Crippen LogP contribution in [0, 0.1) is 12.7 Å². The molecule has 5 nitrogen and oxygen atoms in total. The lowest BCUT2D eigenvalue weighted by Gasteiger charge is -2.36. The van der Waals surface area contributed by atoms with E-state index in [1.165, 1.54) is 23.0 Å². The molecule has 0 atom stereocenters. The standard InChI is InChI=1S/C25H23FN4OS/c1-16-6-8-17(9-7-16)20-11-10-18-22(27)23(32-24(18)28-20)25(31)30-14-12-29(13-15-30)21-5-3-2-4-19(21)26/h2-11H,12-15,27H2,1H3. The molecule has 4 aromatic rings. The molecule has 1 fully saturated rings. The number of aryl methyl sites for hydroxylation is 1. The van der Waals surface area contributed by atoms with Crippen LogP contribution in [0.1, 0.15) is 15.2 Å². The number of carbonyl (C=O) groups is 1. The molecule has 1 saturated heterocycles. The highest BCUT2D eigenvalue weighted by Gasteiger charge is 2.27. The average molecular weight is 447 g/mol. The third kappa shape index (κ3) is 3.69. The van der Waals surface area contributed by atoms with Crippen LogP contribution < -0.4 is 10.6 Å². The normalized spacial score (nSPS) is 14.2. The number of nitrogens with zero attached hydrogens (tertiary/aromatic N) is 3. The lowest BCUT2D eigenvalue weighted by atomic mass is 10.1. The van der Waals surface area contributed by atoms with Gasteiger partial charge in [0, 0.05) is 37.1 Å². The first-order chi connectivity index (χ1) is 15.5. The van der Waals surface area contributed by atoms with Gasteiger partial charge in [0.15, 0.2) is 0 Å². The van der Waals surface area contributed by atoms with Crippen LogP contribution in [0.25, 0.3) is 21.5 Å². The predicted octanol–water partition coefficient (Wildman–Crippen LogP) is 4.96. The van der Waals surface area contributed by atoms with Crippen LogP contribution in [0.4, 0.5) is 15.8 Å². The van der Waals surface area contributed by atoms with Gasteiger partial charge in [-0.2, -0.15) is 0 Å². The number of halogens is 1. The minimum Gasteiger partial charge on any atom is -0.397 e. The molecular formula is C25H23FN4OS. The number of para-hydroxylation sites is 1. The van der Waals surface area contributed by atoms with Crippen molar-refractivity contribution in [1.82, 2.24) is 9.88 Å². The molecule has 2 aromatic heterocycles. The Morgan fingerprint density at radius 2 is 1.72 bits per heavy atom. The third-order valence-corrected chi connectivity index (χ3v) is 7.00. The molecule has 32 heavy (non-hydrogen) atoms. The summed E-state index contributed by atoms with van der Waals surface area (Å²) in [7, 11) is 0. The van der Waals surface area contributed by atoms with Gasteiger partial charge in [0.2, 0.25) is 0 Å². The van der Waals surface area contributed by atoms with Crippen LogP contribution in [0.5, 0.6) is 0 Å². The molecule has 1 amide bonds. The molecular weight excluding hydrogens is 423 g/mol. The molecule has 162 valence electrons. The lowest BCUT2D eigenvalue weighted by Crippen LogP contribution is -2.49. The summed E-state index contributed by atoms with van der Waals surface area (Å²) >= 11 is 1.34. The Morgan fingerprint density at radius 1 is 1.00 bits per heavy atom. The number of carbonyl (C=O) groups excluding carboxylic acids is 1. The number of piperazine rings is 1. The Bertz CT molecular complexity index is 1290. The van der Waals surface area contributed by atoms with Crippen LogP contribution in [0.3, 0.4) is 0 Å². The molecule has 2 aromatic carbocycles. The first-order valence-electron chi connectivity index (χ1n) is 10.6. The number of nitrogen functional groups attached to an aromatic ring is 1. The van der Waals surface area contributed by atoms with Crippen molar-refractivity contribution in [1.29, 1.82) is 0 Å². The fourth-order valence-electron chi connectivity index (χ4n) is 4.04. The van der Waals surface area contributed by atoms with Crippen molar-refractivity contribution in [3.63, 3.8) is 0 Å². The van der Waals surface area contributed by atoms with Gasteiger partial charge in [-0.25, -0.2) is 9.37 Å². The molecule has 0 unspecified atom stereocenters. The summed E-state index contributed by atoms with van der Waals surface area (Å²) in [5.74, 6) is -0.327. The van der Waals surface area contributed by atoms with Crippen molar-refractivity contribution in [3.8, 4) is 11.3 Å². The molecule has 1 aliphatic rings. The van der Waals surface area contributed by atoms with E-state index in [4.69, 9.17) is 10.7 Å². The van der Waals surface area contributed by atoms with Crippen LogP contribution >= 0.6 is 11.3 Å². The van der Waals surface area contributed by atoms with Crippen molar-refractivity contribution < 1.29 is 9.18 Å². The first-order valence-corrected chi connectivity index (χ1v) is 11.4. The largest absolute Gasteiger partial charge is 0.397 e. The molecule has 0 radical (unpaired) electrons. The number of hydrogen-bond acceptors (Lipinski definition) is 5. The van der Waals surface area contributed by atoms with Gasteiger partial charge in [0.25, 0.3) is 5.91 Å². The van der Waals surface area contributed by atoms with Gasteiger partial charge in [0.1, 0.15) is 15.5 Å². The van der Waals surface area contributed by atoms with Gasteiger partial charge in [-0.1, -0.05) is 42.0 Å². The maximum absolute atomic E-state index is 14.1. The average Bonchev–Trinajstić information content (AvgIpc) is 3.15. The zero-order valence-corrected chi connectivity index (χ0v) is 18.5. The summed E-state index contributed by atoms with van der Waals surface area (Å²) in [6, 6.07) is 18.8. The fraction of sp³-hybridized carbons (Fsp3) is 0.200. The topological polar surface area (TPSA) is 62.5 Å². The zero-order valence-electron chi connectivity index (χ0n) is 17.7. The van der Waals surface area contributed by atoms with E-state index in [1.807, 2.05) is 35.2 Å². The summed E-state index contributed by atoms with van der Waals surface area (Å²) in [5.41, 5.74) is 10.5. The second kappa shape index (κ2) is 8.24. The number of thiophene rings is 1. The van der Waals surface area contributed by atoms with Crippen molar-refractivity contribution in [3.05, 3.63) is 76.9 Å². The van der Waals surface area contributed by atoms with E-state index in [0.717, 1.165) is 21.5 Å². The lowest BCUT2D eigenvalue weighted by molar-refractivity contribution is 0.0752. The Morgan fingerprint density at radius 3 is 2.44 bits per heavy atom. The first kappa shape index (κ1) is 20.5. The van der Waals surface area contributed by atoms with E-state index in [9.17, 15) is 9.18 Å². The summed E-state index contributed by atoms with van der Waals surface area (Å²) in [6.45, 7) is 4.24. The van der Waals surface area contributed by atoms with Crippen molar-refractivity contribution in [2.24, 2.45) is 0 Å². The van der Waals surface area contributed by atoms with E-state index in [0.29, 0.717) is 42.4 Å². The Kier molecular flexibility index (Phi) is 5.27. The van der Waals surface area contributed by atoms with E-state index in [-0.39, 0.29) is 11.7 Å². The second-order valence-electron chi connectivity index (χ2n) is 7.99. The number of amides is 1. The number of anilines is 2. The zero-order chi connectivity index (χ0) is 22.2. The quantitative estimate of drug-likeness (QED) is 0.483. The summed E-state index contributed by atoms with van der Waals surface area (Å²) < 4.78 is 14.1. The highest BCUT2D eigenvalue weighted by molar-refractivity contribution is 7.21. The van der Waals surface area contributed by atoms with E-state index >= 15 is 0 Å². The molecule has 0 saturated carbocycles. The minimum absolute atomic E-state index is 0.0874. The molecule has 7 heteroatoms. The monoisotopic (exact) mass is 446 g/mol. The number of nitrogens with two attached hydrogens (primary N) is 1. The molecule has 0 spiro atoms. The van der Waals surface area contributed by atoms with Gasteiger partial charge in [-0.15, -0.1) is 11.3 Å². The molecule has 0 bridgehead atoms. The van der Waals surface area contributed by atoms with E-state index in [1.54, 1.807) is 17.0 Å². The SMILES string of the molecule is Cc1ccc(-c2ccc3c(N)c(C(=O)N4CCN(c5ccccc5F)CC4)sc3n2)cc1. The number of fused-ring (bicyclic) bond motifs is 1. The van der Waals surface area contributed by atoms with Gasteiger partial charge in [-0.05, 0) is 31.2 Å². The van der Waals surface area contributed by atoms with Gasteiger partial charge in [-0.3, -0.25) is 4.79 Å². The molecule has 5 rings (SSSR count). The van der Waals surface area contributed by atoms with Crippen molar-refractivity contribution in [2.45, 2.75) is 6.92 Å². The predicted molar refractivity (Wildman–Crippen MR) is 129 cm³/mol. The highest BCUT2D eigenvalue weighted by atomic mass is 32.1. The van der Waals surface area contributed by atoms with Gasteiger partial charge >= 0.3 is 0 Å². The van der Waals surface area contributed by atoms with Gasteiger partial charge < -0.3 is 15.5 Å². The molecule has 1 aliphatic heterocycles. The number of pyridine rings is 1. The summed E-state index contributed by atoms with van der Waals surface area (Å²) in [5, 5.41) is 0.805. The van der Waals surface area contributed by atoms with Crippen LogP contribution in [0.15, 0.2) is 60.7 Å². The van der Waals surface area contributed by atoms with E-state index < -0.39 is 0 Å². The summed E-state index contributed by atoms with van der Waals surface area (Å²) in [4.78, 5) is 23.0. The summed E-state index contributed by atoms with van der Waals surface area (Å²) in [6.07, 6.45) is 0. The Balaban J connectivity index is 1.36. The molecule has 3 heterocycles. The Labute approximate surface area is 189 Å². The highest BCUT2D eigenvalue weighted by Crippen LogP contribution is 2.35. The third-order valence-electron chi connectivity index (χ3n) is 5.90. The number of rotatable bonds is 3. The fourth-order valence-corrected chi connectivity index (χ4v) is 5.11. The molecule has 2 N–H and O–H groups in total. The number of aromatic nitrogens is 1. The van der Waals surface area contributed by atoms with Crippen LogP contribution in [0.2, 0.25) is 0 Å². The van der Waals surface area contributed by atoms with Crippen molar-refractivity contribution >= 4 is 38.8 Å². The number of benzene rings is 2. The van der Waals surface area contributed by atoms with Gasteiger partial charge in [0.05, 0.1) is 17.1 Å². The number of hydrogen-bond donors (Lipinski definition) is 1. The van der Waals surface area contributed by atoms with E-state index in [2.05, 4.69) is 19.1 Å². The maximum Gasteiger partial charge on any atom is 0.266 e.